The van der Waals surface area contributed by atoms with E-state index in [0.29, 0.717) is 30.1 Å². The summed E-state index contributed by atoms with van der Waals surface area (Å²) in [6.07, 6.45) is 5.44. The third-order valence-electron chi connectivity index (χ3n) is 5.55. The molecule has 31 heavy (non-hydrogen) atoms. The fraction of sp³-hybridized carbons (Fsp3) is 0.400. The molecule has 1 heterocycles. The van der Waals surface area contributed by atoms with Crippen LogP contribution in [-0.2, 0) is 11.2 Å². The molecule has 1 saturated heterocycles. The molecule has 0 N–H and O–H groups in total. The summed E-state index contributed by atoms with van der Waals surface area (Å²) in [5.41, 5.74) is 2.20. The number of carbonyl (C=O) groups is 1. The zero-order valence-electron chi connectivity index (χ0n) is 18.7. The van der Waals surface area contributed by atoms with Gasteiger partial charge in [-0.25, -0.2) is 0 Å². The molecule has 0 bridgehead atoms. The van der Waals surface area contributed by atoms with Crippen LogP contribution in [0.1, 0.15) is 17.5 Å². The van der Waals surface area contributed by atoms with Gasteiger partial charge in [-0.2, -0.15) is 0 Å². The molecular weight excluding hydrogens is 392 g/mol. The van der Waals surface area contributed by atoms with Crippen molar-refractivity contribution in [3.8, 4) is 17.2 Å². The van der Waals surface area contributed by atoms with Gasteiger partial charge in [-0.3, -0.25) is 9.69 Å². The SMILES string of the molecule is COc1cc(CCC(=O)N2CCN(CC=Cc3ccccc3)CC2)cc(OC)c1OC. The third-order valence-corrected chi connectivity index (χ3v) is 5.55. The van der Waals surface area contributed by atoms with Crippen molar-refractivity contribution in [2.45, 2.75) is 12.8 Å². The van der Waals surface area contributed by atoms with Crippen molar-refractivity contribution in [1.82, 2.24) is 9.80 Å². The minimum absolute atomic E-state index is 0.188. The highest BCUT2D eigenvalue weighted by Gasteiger charge is 2.21. The van der Waals surface area contributed by atoms with E-state index in [0.717, 1.165) is 38.3 Å². The Morgan fingerprint density at radius 3 is 2.16 bits per heavy atom. The molecule has 6 nitrogen and oxygen atoms in total. The molecule has 0 aromatic heterocycles. The molecule has 6 heteroatoms. The summed E-state index contributed by atoms with van der Waals surface area (Å²) in [6, 6.07) is 14.1. The van der Waals surface area contributed by atoms with Gasteiger partial charge in [-0.1, -0.05) is 42.5 Å². The Labute approximate surface area is 185 Å². The van der Waals surface area contributed by atoms with Gasteiger partial charge in [-0.15, -0.1) is 0 Å². The first-order valence-electron chi connectivity index (χ1n) is 10.6. The van der Waals surface area contributed by atoms with Crippen molar-refractivity contribution in [1.29, 1.82) is 0 Å². The van der Waals surface area contributed by atoms with Gasteiger partial charge in [0.25, 0.3) is 0 Å². The van der Waals surface area contributed by atoms with Crippen LogP contribution >= 0.6 is 0 Å². The maximum Gasteiger partial charge on any atom is 0.222 e. The summed E-state index contributed by atoms with van der Waals surface area (Å²) in [6.45, 7) is 4.24. The predicted molar refractivity (Wildman–Crippen MR) is 123 cm³/mol. The second-order valence-electron chi connectivity index (χ2n) is 7.53. The van der Waals surface area contributed by atoms with Crippen molar-refractivity contribution in [3.63, 3.8) is 0 Å². The maximum atomic E-state index is 12.7. The summed E-state index contributed by atoms with van der Waals surface area (Å²) in [4.78, 5) is 17.1. The molecule has 0 spiro atoms. The lowest BCUT2D eigenvalue weighted by Crippen LogP contribution is -2.48. The fourth-order valence-electron chi connectivity index (χ4n) is 3.77. The van der Waals surface area contributed by atoms with E-state index in [1.807, 2.05) is 35.2 Å². The molecule has 1 fully saturated rings. The van der Waals surface area contributed by atoms with E-state index in [1.54, 1.807) is 21.3 Å². The van der Waals surface area contributed by atoms with Gasteiger partial charge in [-0.05, 0) is 29.7 Å². The van der Waals surface area contributed by atoms with Crippen molar-refractivity contribution in [3.05, 3.63) is 59.7 Å². The maximum absolute atomic E-state index is 12.7. The first kappa shape index (κ1) is 22.7. The van der Waals surface area contributed by atoms with E-state index >= 15 is 0 Å². The van der Waals surface area contributed by atoms with Crippen LogP contribution in [-0.4, -0.2) is 69.8 Å². The van der Waals surface area contributed by atoms with Crippen molar-refractivity contribution in [2.75, 3.05) is 54.1 Å². The molecule has 0 radical (unpaired) electrons. The Morgan fingerprint density at radius 2 is 1.58 bits per heavy atom. The average molecular weight is 425 g/mol. The van der Waals surface area contributed by atoms with Crippen LogP contribution in [0.15, 0.2) is 48.5 Å². The molecule has 1 aliphatic heterocycles. The van der Waals surface area contributed by atoms with E-state index in [4.69, 9.17) is 14.2 Å². The second kappa shape index (κ2) is 11.4. The van der Waals surface area contributed by atoms with Crippen LogP contribution in [0, 0.1) is 0 Å². The summed E-state index contributed by atoms with van der Waals surface area (Å²) in [5.74, 6) is 1.98. The van der Waals surface area contributed by atoms with Crippen LogP contribution in [0.25, 0.3) is 6.08 Å². The largest absolute Gasteiger partial charge is 0.493 e. The van der Waals surface area contributed by atoms with Gasteiger partial charge in [0.05, 0.1) is 21.3 Å². The number of hydrogen-bond donors (Lipinski definition) is 0. The molecule has 2 aromatic rings. The lowest BCUT2D eigenvalue weighted by molar-refractivity contribution is -0.132. The number of rotatable bonds is 9. The second-order valence-corrected chi connectivity index (χ2v) is 7.53. The van der Waals surface area contributed by atoms with E-state index in [9.17, 15) is 4.79 Å². The van der Waals surface area contributed by atoms with Crippen molar-refractivity contribution in [2.24, 2.45) is 0 Å². The normalized spacial score (nSPS) is 14.6. The van der Waals surface area contributed by atoms with Gasteiger partial charge >= 0.3 is 0 Å². The van der Waals surface area contributed by atoms with E-state index in [-0.39, 0.29) is 5.91 Å². The predicted octanol–water partition coefficient (Wildman–Crippen LogP) is 3.50. The Kier molecular flexibility index (Phi) is 8.35. The molecule has 3 rings (SSSR count). The third kappa shape index (κ3) is 6.25. The number of methoxy groups -OCH3 is 3. The first-order valence-corrected chi connectivity index (χ1v) is 10.6. The quantitative estimate of drug-likeness (QED) is 0.617. The van der Waals surface area contributed by atoms with Crippen molar-refractivity contribution >= 4 is 12.0 Å². The van der Waals surface area contributed by atoms with Gasteiger partial charge < -0.3 is 19.1 Å². The first-order chi connectivity index (χ1) is 15.1. The number of piperazine rings is 1. The van der Waals surface area contributed by atoms with Gasteiger partial charge in [0.1, 0.15) is 0 Å². The molecule has 0 atom stereocenters. The van der Waals surface area contributed by atoms with E-state index < -0.39 is 0 Å². The number of ether oxygens (including phenoxy) is 3. The zero-order valence-corrected chi connectivity index (χ0v) is 18.7. The van der Waals surface area contributed by atoms with Crippen molar-refractivity contribution < 1.29 is 19.0 Å². The molecule has 0 saturated carbocycles. The summed E-state index contributed by atoms with van der Waals surface area (Å²) in [7, 11) is 4.78. The smallest absolute Gasteiger partial charge is 0.222 e. The highest BCUT2D eigenvalue weighted by molar-refractivity contribution is 5.76. The summed E-state index contributed by atoms with van der Waals surface area (Å²) >= 11 is 0. The van der Waals surface area contributed by atoms with Gasteiger partial charge in [0, 0.05) is 39.1 Å². The van der Waals surface area contributed by atoms with Crippen LogP contribution in [0.5, 0.6) is 17.2 Å². The van der Waals surface area contributed by atoms with Gasteiger partial charge in [0.2, 0.25) is 11.7 Å². The van der Waals surface area contributed by atoms with Crippen LogP contribution in [0.2, 0.25) is 0 Å². The standard InChI is InChI=1S/C25H32N2O4/c1-29-22-18-21(19-23(30-2)25(22)31-3)11-12-24(28)27-16-14-26(15-17-27)13-7-10-20-8-5-4-6-9-20/h4-10,18-19H,11-17H2,1-3H3. The molecule has 0 unspecified atom stereocenters. The minimum atomic E-state index is 0.188. The summed E-state index contributed by atoms with van der Waals surface area (Å²) < 4.78 is 16.2. The average Bonchev–Trinajstić information content (AvgIpc) is 2.82. The lowest BCUT2D eigenvalue weighted by Gasteiger charge is -2.34. The molecule has 2 aromatic carbocycles. The monoisotopic (exact) mass is 424 g/mol. The number of nitrogens with zero attached hydrogens (tertiary/aromatic N) is 2. The topological polar surface area (TPSA) is 51.2 Å². The van der Waals surface area contributed by atoms with Gasteiger partial charge in [0.15, 0.2) is 11.5 Å². The lowest BCUT2D eigenvalue weighted by atomic mass is 10.1. The number of aryl methyl sites for hydroxylation is 1. The van der Waals surface area contributed by atoms with E-state index in [2.05, 4.69) is 29.2 Å². The van der Waals surface area contributed by atoms with Crippen LogP contribution < -0.4 is 14.2 Å². The molecule has 1 aliphatic rings. The summed E-state index contributed by atoms with van der Waals surface area (Å²) in [5, 5.41) is 0. The Morgan fingerprint density at radius 1 is 0.935 bits per heavy atom. The molecular formula is C25H32N2O4. The highest BCUT2D eigenvalue weighted by atomic mass is 16.5. The van der Waals surface area contributed by atoms with Crippen LogP contribution in [0.4, 0.5) is 0 Å². The molecule has 1 amide bonds. The fourth-order valence-corrected chi connectivity index (χ4v) is 3.77. The van der Waals surface area contributed by atoms with E-state index in [1.165, 1.54) is 5.56 Å². The van der Waals surface area contributed by atoms with Crippen LogP contribution in [0.3, 0.4) is 0 Å². The highest BCUT2D eigenvalue weighted by Crippen LogP contribution is 2.38. The Bertz CT molecular complexity index is 849. The number of amides is 1. The molecule has 166 valence electrons. The Balaban J connectivity index is 1.46. The Hall–Kier alpha value is -2.99. The zero-order chi connectivity index (χ0) is 22.1. The number of benzene rings is 2. The molecule has 0 aliphatic carbocycles. The minimum Gasteiger partial charge on any atom is -0.493 e. The number of carbonyl (C=O) groups excluding carboxylic acids is 1. The number of hydrogen-bond acceptors (Lipinski definition) is 5.